The number of carbonyl (C=O) groups is 2. The zero-order chi connectivity index (χ0) is 14.4. The van der Waals surface area contributed by atoms with Crippen molar-refractivity contribution in [2.24, 2.45) is 0 Å². The van der Waals surface area contributed by atoms with Gasteiger partial charge < -0.3 is 14.5 Å². The summed E-state index contributed by atoms with van der Waals surface area (Å²) in [7, 11) is 0. The van der Waals surface area contributed by atoms with Gasteiger partial charge in [-0.05, 0) is 31.2 Å². The van der Waals surface area contributed by atoms with Crippen LogP contribution < -0.4 is 5.32 Å². The van der Waals surface area contributed by atoms with Gasteiger partial charge in [0, 0.05) is 0 Å². The molecule has 2 aromatic rings. The van der Waals surface area contributed by atoms with Crippen molar-refractivity contribution in [1.29, 1.82) is 0 Å². The van der Waals surface area contributed by atoms with Crippen molar-refractivity contribution in [1.82, 2.24) is 5.32 Å². The maximum absolute atomic E-state index is 11.8. The van der Waals surface area contributed by atoms with E-state index in [1.165, 1.54) is 13.2 Å². The molecule has 1 atom stereocenters. The molecule has 0 bridgehead atoms. The molecule has 5 nitrogen and oxygen atoms in total. The third-order valence-electron chi connectivity index (χ3n) is 2.68. The number of hydrogen-bond acceptors (Lipinski definition) is 4. The largest absolute Gasteiger partial charge is 0.467 e. The molecule has 0 saturated heterocycles. The molecule has 1 heterocycles. The van der Waals surface area contributed by atoms with Crippen molar-refractivity contribution >= 4 is 11.9 Å². The standard InChI is InChI=1S/C15H15NO4/c1-11(14(17)16-10-13-8-5-9-19-13)20-15(18)12-6-3-2-4-7-12/h2-9,11H,10H2,1H3,(H,16,17)/t11-/m0/s1. The number of amides is 1. The van der Waals surface area contributed by atoms with Crippen LogP contribution in [0, 0.1) is 0 Å². The van der Waals surface area contributed by atoms with Crippen molar-refractivity contribution in [3.05, 3.63) is 60.1 Å². The predicted octanol–water partition coefficient (Wildman–Crippen LogP) is 2.14. The third kappa shape index (κ3) is 3.71. The van der Waals surface area contributed by atoms with Crippen LogP contribution in [0.25, 0.3) is 0 Å². The highest BCUT2D eigenvalue weighted by atomic mass is 16.5. The predicted molar refractivity (Wildman–Crippen MR) is 71.9 cm³/mol. The zero-order valence-electron chi connectivity index (χ0n) is 11.0. The van der Waals surface area contributed by atoms with Gasteiger partial charge in [-0.3, -0.25) is 4.79 Å². The summed E-state index contributed by atoms with van der Waals surface area (Å²) >= 11 is 0. The van der Waals surface area contributed by atoms with E-state index in [4.69, 9.17) is 9.15 Å². The summed E-state index contributed by atoms with van der Waals surface area (Å²) in [5.74, 6) is -0.253. The average Bonchev–Trinajstić information content (AvgIpc) is 2.98. The third-order valence-corrected chi connectivity index (χ3v) is 2.68. The quantitative estimate of drug-likeness (QED) is 0.847. The molecule has 104 valence electrons. The second-order valence-corrected chi connectivity index (χ2v) is 4.21. The summed E-state index contributed by atoms with van der Waals surface area (Å²) in [5.41, 5.74) is 0.415. The lowest BCUT2D eigenvalue weighted by atomic mass is 10.2. The van der Waals surface area contributed by atoms with Gasteiger partial charge in [-0.15, -0.1) is 0 Å². The molecule has 1 N–H and O–H groups in total. The molecule has 0 saturated carbocycles. The Labute approximate surface area is 116 Å². The van der Waals surface area contributed by atoms with Gasteiger partial charge in [0.2, 0.25) is 0 Å². The van der Waals surface area contributed by atoms with Crippen molar-refractivity contribution in [2.75, 3.05) is 0 Å². The molecule has 1 aromatic carbocycles. The minimum atomic E-state index is -0.863. The van der Waals surface area contributed by atoms with Gasteiger partial charge >= 0.3 is 5.97 Å². The van der Waals surface area contributed by atoms with Crippen LogP contribution in [0.5, 0.6) is 0 Å². The van der Waals surface area contributed by atoms with E-state index in [0.717, 1.165) is 0 Å². The van der Waals surface area contributed by atoms with Crippen LogP contribution in [0.4, 0.5) is 0 Å². The molecule has 0 aliphatic heterocycles. The van der Waals surface area contributed by atoms with Gasteiger partial charge in [0.1, 0.15) is 5.76 Å². The molecule has 1 amide bonds. The summed E-state index contributed by atoms with van der Waals surface area (Å²) < 4.78 is 10.2. The Kier molecular flexibility index (Phi) is 4.55. The fourth-order valence-corrected chi connectivity index (χ4v) is 1.59. The highest BCUT2D eigenvalue weighted by Crippen LogP contribution is 2.04. The van der Waals surface area contributed by atoms with Gasteiger partial charge in [0.25, 0.3) is 5.91 Å². The Hall–Kier alpha value is -2.56. The molecule has 5 heteroatoms. The monoisotopic (exact) mass is 273 g/mol. The molecule has 20 heavy (non-hydrogen) atoms. The van der Waals surface area contributed by atoms with Crippen molar-refractivity contribution < 1.29 is 18.7 Å². The van der Waals surface area contributed by atoms with Crippen LogP contribution in [0.3, 0.4) is 0 Å². The number of furan rings is 1. The summed E-state index contributed by atoms with van der Waals surface area (Å²) in [4.78, 5) is 23.5. The SMILES string of the molecule is C[C@H](OC(=O)c1ccccc1)C(=O)NCc1ccco1. The first-order valence-corrected chi connectivity index (χ1v) is 6.23. The summed E-state index contributed by atoms with van der Waals surface area (Å²) in [6.07, 6.45) is 0.665. The molecule has 0 aliphatic rings. The minimum absolute atomic E-state index is 0.263. The average molecular weight is 273 g/mol. The van der Waals surface area contributed by atoms with E-state index in [1.807, 2.05) is 0 Å². The van der Waals surface area contributed by atoms with E-state index in [2.05, 4.69) is 5.32 Å². The number of ether oxygens (including phenoxy) is 1. The molecular weight excluding hydrogens is 258 g/mol. The molecule has 1 aromatic heterocycles. The topological polar surface area (TPSA) is 68.5 Å². The molecule has 0 radical (unpaired) electrons. The summed E-state index contributed by atoms with van der Waals surface area (Å²) in [5, 5.41) is 2.63. The van der Waals surface area contributed by atoms with Crippen LogP contribution in [-0.4, -0.2) is 18.0 Å². The van der Waals surface area contributed by atoms with Crippen LogP contribution >= 0.6 is 0 Å². The van der Waals surface area contributed by atoms with Gasteiger partial charge in [-0.1, -0.05) is 18.2 Å². The van der Waals surface area contributed by atoms with Crippen molar-refractivity contribution in [2.45, 2.75) is 19.6 Å². The van der Waals surface area contributed by atoms with E-state index in [9.17, 15) is 9.59 Å². The number of nitrogens with one attached hydrogen (secondary N) is 1. The molecule has 0 spiro atoms. The normalized spacial score (nSPS) is 11.7. The van der Waals surface area contributed by atoms with Gasteiger partial charge in [0.05, 0.1) is 18.4 Å². The molecule has 0 unspecified atom stereocenters. The molecule has 0 fully saturated rings. The maximum atomic E-state index is 11.8. The minimum Gasteiger partial charge on any atom is -0.467 e. The smallest absolute Gasteiger partial charge is 0.338 e. The van der Waals surface area contributed by atoms with Crippen molar-refractivity contribution in [3.8, 4) is 0 Å². The number of carbonyl (C=O) groups excluding carboxylic acids is 2. The van der Waals surface area contributed by atoms with Gasteiger partial charge in [0.15, 0.2) is 6.10 Å². The second-order valence-electron chi connectivity index (χ2n) is 4.21. The first-order valence-electron chi connectivity index (χ1n) is 6.23. The first-order chi connectivity index (χ1) is 9.66. The van der Waals surface area contributed by atoms with Gasteiger partial charge in [-0.25, -0.2) is 4.79 Å². The van der Waals surface area contributed by atoms with E-state index >= 15 is 0 Å². The second kappa shape index (κ2) is 6.56. The Bertz CT molecular complexity index is 563. The number of esters is 1. The van der Waals surface area contributed by atoms with E-state index in [1.54, 1.807) is 42.5 Å². The maximum Gasteiger partial charge on any atom is 0.338 e. The Morgan fingerprint density at radius 2 is 1.95 bits per heavy atom. The first kappa shape index (κ1) is 13.9. The lowest BCUT2D eigenvalue weighted by Gasteiger charge is -2.12. The number of benzene rings is 1. The van der Waals surface area contributed by atoms with E-state index < -0.39 is 12.1 Å². The van der Waals surface area contributed by atoms with Crippen LogP contribution in [-0.2, 0) is 16.1 Å². The molecular formula is C15H15NO4. The van der Waals surface area contributed by atoms with Crippen LogP contribution in [0.1, 0.15) is 23.0 Å². The lowest BCUT2D eigenvalue weighted by Crippen LogP contribution is -2.35. The summed E-state index contributed by atoms with van der Waals surface area (Å²) in [6, 6.07) is 12.0. The fourth-order valence-electron chi connectivity index (χ4n) is 1.59. The number of hydrogen-bond donors (Lipinski definition) is 1. The highest BCUT2D eigenvalue weighted by Gasteiger charge is 2.18. The molecule has 2 rings (SSSR count). The number of rotatable bonds is 5. The van der Waals surface area contributed by atoms with E-state index in [0.29, 0.717) is 11.3 Å². The Morgan fingerprint density at radius 1 is 1.20 bits per heavy atom. The lowest BCUT2D eigenvalue weighted by molar-refractivity contribution is -0.129. The Morgan fingerprint density at radius 3 is 2.60 bits per heavy atom. The van der Waals surface area contributed by atoms with E-state index in [-0.39, 0.29) is 12.5 Å². The molecule has 0 aliphatic carbocycles. The summed E-state index contributed by atoms with van der Waals surface area (Å²) in [6.45, 7) is 1.79. The van der Waals surface area contributed by atoms with Crippen LogP contribution in [0.2, 0.25) is 0 Å². The fraction of sp³-hybridized carbons (Fsp3) is 0.200. The van der Waals surface area contributed by atoms with Crippen molar-refractivity contribution in [3.63, 3.8) is 0 Å². The van der Waals surface area contributed by atoms with Crippen LogP contribution in [0.15, 0.2) is 53.1 Å². The zero-order valence-corrected chi connectivity index (χ0v) is 11.0. The van der Waals surface area contributed by atoms with Gasteiger partial charge in [-0.2, -0.15) is 0 Å². The Balaban J connectivity index is 1.83. The highest BCUT2D eigenvalue weighted by molar-refractivity contribution is 5.92.